The molecule has 2 heterocycles. The molecule has 7 heteroatoms. The van der Waals surface area contributed by atoms with Crippen molar-refractivity contribution < 1.29 is 9.59 Å². The predicted molar refractivity (Wildman–Crippen MR) is 107 cm³/mol. The molecule has 0 N–H and O–H groups in total. The number of hydrogen-bond acceptors (Lipinski definition) is 6. The predicted octanol–water partition coefficient (Wildman–Crippen LogP) is 3.25. The van der Waals surface area contributed by atoms with Crippen molar-refractivity contribution in [1.82, 2.24) is 14.9 Å². The van der Waals surface area contributed by atoms with Crippen LogP contribution in [0.15, 0.2) is 29.9 Å². The quantitative estimate of drug-likeness (QED) is 0.713. The van der Waals surface area contributed by atoms with Gasteiger partial charge in [-0.05, 0) is 24.3 Å². The van der Waals surface area contributed by atoms with Crippen LogP contribution in [-0.4, -0.2) is 47.7 Å². The number of aromatic nitrogens is 2. The third-order valence-electron chi connectivity index (χ3n) is 5.07. The largest absolute Gasteiger partial charge is 0.347 e. The van der Waals surface area contributed by atoms with Gasteiger partial charge in [-0.25, -0.2) is 9.97 Å². The number of carbonyl (C=O) groups is 2. The number of rotatable bonds is 6. The smallest absolute Gasteiger partial charge is 0.226 e. The Balaban J connectivity index is 1.69. The summed E-state index contributed by atoms with van der Waals surface area (Å²) in [6.45, 7) is 0.447. The number of hydrogen-bond donors (Lipinski definition) is 0. The van der Waals surface area contributed by atoms with E-state index in [-0.39, 0.29) is 23.5 Å². The molecule has 3 rings (SSSR count). The minimum atomic E-state index is -0.236. The lowest BCUT2D eigenvalue weighted by molar-refractivity contribution is -0.137. The fourth-order valence-electron chi connectivity index (χ4n) is 3.64. The summed E-state index contributed by atoms with van der Waals surface area (Å²) in [5.41, 5.74) is 0.883. The molecule has 0 radical (unpaired) electrons. The van der Waals surface area contributed by atoms with Gasteiger partial charge in [0.2, 0.25) is 11.9 Å². The Morgan fingerprint density at radius 3 is 2.37 bits per heavy atom. The Kier molecular flexibility index (Phi) is 6.21. The molecular formula is C20H26N4O2S. The van der Waals surface area contributed by atoms with Crippen LogP contribution >= 0.6 is 11.3 Å². The van der Waals surface area contributed by atoms with Gasteiger partial charge < -0.3 is 9.80 Å². The topological polar surface area (TPSA) is 66.4 Å². The molecule has 0 aliphatic heterocycles. The van der Waals surface area contributed by atoms with Gasteiger partial charge in [-0.1, -0.05) is 18.9 Å². The van der Waals surface area contributed by atoms with Gasteiger partial charge in [-0.15, -0.1) is 11.3 Å². The Bertz CT molecular complexity index is 774. The molecule has 0 bridgehead atoms. The van der Waals surface area contributed by atoms with Crippen molar-refractivity contribution in [1.29, 1.82) is 0 Å². The molecule has 144 valence electrons. The lowest BCUT2D eigenvalue weighted by atomic mass is 9.76. The van der Waals surface area contributed by atoms with Crippen LogP contribution in [0.3, 0.4) is 0 Å². The fraction of sp³-hybridized carbons (Fsp3) is 0.500. The highest BCUT2D eigenvalue weighted by Gasteiger charge is 2.37. The minimum Gasteiger partial charge on any atom is -0.347 e. The fourth-order valence-corrected chi connectivity index (χ4v) is 4.37. The maximum Gasteiger partial charge on any atom is 0.226 e. The van der Waals surface area contributed by atoms with Crippen LogP contribution in [0, 0.1) is 11.8 Å². The van der Waals surface area contributed by atoms with Crippen LogP contribution in [0.1, 0.15) is 40.9 Å². The molecule has 0 aromatic carbocycles. The van der Waals surface area contributed by atoms with E-state index < -0.39 is 0 Å². The molecule has 2 aromatic rings. The van der Waals surface area contributed by atoms with E-state index in [9.17, 15) is 9.59 Å². The van der Waals surface area contributed by atoms with E-state index in [1.165, 1.54) is 11.3 Å². The van der Waals surface area contributed by atoms with E-state index in [1.807, 2.05) is 36.5 Å². The van der Waals surface area contributed by atoms with Crippen LogP contribution in [0.25, 0.3) is 0 Å². The van der Waals surface area contributed by atoms with Crippen LogP contribution in [0.5, 0.6) is 0 Å². The van der Waals surface area contributed by atoms with Crippen molar-refractivity contribution in [2.45, 2.75) is 32.2 Å². The number of anilines is 1. The lowest BCUT2D eigenvalue weighted by Crippen LogP contribution is -2.40. The molecule has 0 saturated heterocycles. The summed E-state index contributed by atoms with van der Waals surface area (Å²) in [5, 5.41) is 1.91. The van der Waals surface area contributed by atoms with Gasteiger partial charge in [0.05, 0.1) is 4.88 Å². The average molecular weight is 387 g/mol. The van der Waals surface area contributed by atoms with Crippen molar-refractivity contribution in [2.75, 3.05) is 26.0 Å². The second kappa shape index (κ2) is 8.61. The summed E-state index contributed by atoms with van der Waals surface area (Å²) in [4.78, 5) is 38.9. The normalized spacial score (nSPS) is 19.5. The molecular weight excluding hydrogens is 360 g/mol. The van der Waals surface area contributed by atoms with Gasteiger partial charge in [0, 0.05) is 57.5 Å². The van der Waals surface area contributed by atoms with Crippen LogP contribution in [0.4, 0.5) is 5.95 Å². The van der Waals surface area contributed by atoms with Crippen LogP contribution in [-0.2, 0) is 11.3 Å². The van der Waals surface area contributed by atoms with E-state index in [2.05, 4.69) is 9.97 Å². The van der Waals surface area contributed by atoms with Crippen molar-refractivity contribution in [3.63, 3.8) is 0 Å². The van der Waals surface area contributed by atoms with Gasteiger partial charge in [0.1, 0.15) is 0 Å². The molecule has 0 spiro atoms. The van der Waals surface area contributed by atoms with Gasteiger partial charge in [-0.3, -0.25) is 9.59 Å². The second-order valence-electron chi connectivity index (χ2n) is 7.32. The number of carbonyl (C=O) groups excluding carboxylic acids is 2. The zero-order chi connectivity index (χ0) is 19.4. The van der Waals surface area contributed by atoms with E-state index in [1.54, 1.807) is 24.3 Å². The molecule has 6 nitrogen and oxygen atoms in total. The van der Waals surface area contributed by atoms with Crippen molar-refractivity contribution in [3.05, 3.63) is 40.3 Å². The third kappa shape index (κ3) is 4.53. The number of amides is 1. The summed E-state index contributed by atoms with van der Waals surface area (Å²) >= 11 is 1.46. The minimum absolute atomic E-state index is 0.0429. The molecule has 1 aliphatic rings. The van der Waals surface area contributed by atoms with Gasteiger partial charge in [0.15, 0.2) is 5.78 Å². The Morgan fingerprint density at radius 1 is 1.11 bits per heavy atom. The number of ketones is 1. The van der Waals surface area contributed by atoms with E-state index in [0.29, 0.717) is 12.5 Å². The van der Waals surface area contributed by atoms with Gasteiger partial charge in [-0.2, -0.15) is 0 Å². The maximum absolute atomic E-state index is 13.1. The van der Waals surface area contributed by atoms with Crippen molar-refractivity contribution in [2.24, 2.45) is 11.8 Å². The monoisotopic (exact) mass is 386 g/mol. The molecule has 1 fully saturated rings. The number of nitrogens with zero attached hydrogens (tertiary/aromatic N) is 4. The lowest BCUT2D eigenvalue weighted by Gasteiger charge is -2.32. The highest BCUT2D eigenvalue weighted by molar-refractivity contribution is 7.12. The Labute approximate surface area is 164 Å². The van der Waals surface area contributed by atoms with Crippen LogP contribution in [0.2, 0.25) is 0 Å². The zero-order valence-electron chi connectivity index (χ0n) is 16.1. The van der Waals surface area contributed by atoms with Gasteiger partial charge >= 0.3 is 0 Å². The van der Waals surface area contributed by atoms with Crippen LogP contribution < -0.4 is 4.90 Å². The second-order valence-corrected chi connectivity index (χ2v) is 8.27. The first-order valence-corrected chi connectivity index (χ1v) is 10.2. The first kappa shape index (κ1) is 19.5. The summed E-state index contributed by atoms with van der Waals surface area (Å²) in [6, 6.07) is 3.75. The third-order valence-corrected chi connectivity index (χ3v) is 5.96. The summed E-state index contributed by atoms with van der Waals surface area (Å²) in [6.07, 6.45) is 7.08. The average Bonchev–Trinajstić information content (AvgIpc) is 3.22. The highest BCUT2D eigenvalue weighted by atomic mass is 32.1. The van der Waals surface area contributed by atoms with E-state index in [4.69, 9.17) is 0 Å². The Hall–Kier alpha value is -2.28. The van der Waals surface area contributed by atoms with E-state index in [0.717, 1.165) is 36.1 Å². The highest BCUT2D eigenvalue weighted by Crippen LogP contribution is 2.34. The SMILES string of the molecule is CN(Cc1cnc(N(C)C)nc1)C(=O)[C@@H]1CCCC[C@@H]1C(=O)c1cccs1. The van der Waals surface area contributed by atoms with Crippen molar-refractivity contribution >= 4 is 29.0 Å². The molecule has 1 saturated carbocycles. The standard InChI is InChI=1S/C20H26N4O2S/c1-23(2)20-21-11-14(12-22-20)13-24(3)19(26)16-8-5-4-7-15(16)18(25)17-9-6-10-27-17/h6,9-12,15-16H,4-5,7-8,13H2,1-3H3/t15-,16+/m0/s1. The number of Topliss-reactive ketones (excluding diaryl/α,β-unsaturated/α-hetero) is 1. The first-order valence-electron chi connectivity index (χ1n) is 9.28. The zero-order valence-corrected chi connectivity index (χ0v) is 16.9. The Morgan fingerprint density at radius 2 is 1.78 bits per heavy atom. The first-order chi connectivity index (χ1) is 13.0. The van der Waals surface area contributed by atoms with Gasteiger partial charge in [0.25, 0.3) is 0 Å². The molecule has 2 atom stereocenters. The molecule has 0 unspecified atom stereocenters. The molecule has 2 aromatic heterocycles. The summed E-state index contributed by atoms with van der Waals surface area (Å²) < 4.78 is 0. The molecule has 1 aliphatic carbocycles. The maximum atomic E-state index is 13.1. The summed E-state index contributed by atoms with van der Waals surface area (Å²) in [5.74, 6) is 0.359. The van der Waals surface area contributed by atoms with Crippen molar-refractivity contribution in [3.8, 4) is 0 Å². The molecule has 27 heavy (non-hydrogen) atoms. The van der Waals surface area contributed by atoms with E-state index >= 15 is 0 Å². The molecule has 1 amide bonds. The summed E-state index contributed by atoms with van der Waals surface area (Å²) in [7, 11) is 5.57. The number of thiophene rings is 1.